The Balaban J connectivity index is 2.02. The number of carbonyl (C=O) groups excluding carboxylic acids is 1. The van der Waals surface area contributed by atoms with Gasteiger partial charge >= 0.3 is 0 Å². The molecule has 2 aromatic rings. The third kappa shape index (κ3) is 5.05. The smallest absolute Gasteiger partial charge is 0.273 e. The van der Waals surface area contributed by atoms with Gasteiger partial charge in [0.05, 0.1) is 9.82 Å². The first-order chi connectivity index (χ1) is 13.0. The normalized spacial score (nSPS) is 11.1. The van der Waals surface area contributed by atoms with Crippen LogP contribution in [-0.2, 0) is 14.8 Å². The summed E-state index contributed by atoms with van der Waals surface area (Å²) in [4.78, 5) is 23.8. The van der Waals surface area contributed by atoms with E-state index in [1.54, 1.807) is 0 Å². The number of hydrogen-bond acceptors (Lipinski definition) is 6. The molecule has 150 valence electrons. The van der Waals surface area contributed by atoms with Crippen molar-refractivity contribution in [3.05, 3.63) is 62.7 Å². The molecule has 0 aliphatic carbocycles. The highest BCUT2D eigenvalue weighted by Gasteiger charge is 2.20. The third-order valence-electron chi connectivity index (χ3n) is 3.96. The first-order valence-electron chi connectivity index (χ1n) is 8.27. The lowest BCUT2D eigenvalue weighted by molar-refractivity contribution is -0.385. The van der Waals surface area contributed by atoms with Gasteiger partial charge in [-0.15, -0.1) is 4.83 Å². The average Bonchev–Trinajstić information content (AvgIpc) is 2.59. The molecule has 0 atom stereocenters. The van der Waals surface area contributed by atoms with Crippen LogP contribution in [-0.4, -0.2) is 25.9 Å². The van der Waals surface area contributed by atoms with Gasteiger partial charge in [-0.05, 0) is 44.9 Å². The van der Waals surface area contributed by atoms with Crippen molar-refractivity contribution in [2.45, 2.75) is 32.6 Å². The van der Waals surface area contributed by atoms with E-state index in [1.807, 2.05) is 43.2 Å². The second-order valence-electron chi connectivity index (χ2n) is 6.38. The van der Waals surface area contributed by atoms with E-state index in [-0.39, 0.29) is 10.6 Å². The lowest BCUT2D eigenvalue weighted by Gasteiger charge is -2.13. The third-order valence-corrected chi connectivity index (χ3v) is 5.21. The quantitative estimate of drug-likeness (QED) is 0.535. The summed E-state index contributed by atoms with van der Waals surface area (Å²) in [7, 11) is -4.17. The van der Waals surface area contributed by atoms with Crippen LogP contribution in [0.25, 0.3) is 0 Å². The summed E-state index contributed by atoms with van der Waals surface area (Å²) in [6.07, 6.45) is 0. The lowest BCUT2D eigenvalue weighted by Crippen LogP contribution is -2.43. The van der Waals surface area contributed by atoms with Crippen molar-refractivity contribution in [2.75, 3.05) is 6.61 Å². The van der Waals surface area contributed by atoms with Crippen LogP contribution >= 0.6 is 0 Å². The fraction of sp³-hybridized carbons (Fsp3) is 0.278. The van der Waals surface area contributed by atoms with Gasteiger partial charge in [-0.25, -0.2) is 8.42 Å². The number of carbonyl (C=O) groups is 1. The van der Waals surface area contributed by atoms with E-state index >= 15 is 0 Å². The number of ether oxygens (including phenoxy) is 1. The van der Waals surface area contributed by atoms with Crippen molar-refractivity contribution in [1.29, 1.82) is 0 Å². The predicted molar refractivity (Wildman–Crippen MR) is 102 cm³/mol. The van der Waals surface area contributed by atoms with E-state index in [0.717, 1.165) is 22.8 Å². The van der Waals surface area contributed by atoms with Crippen LogP contribution in [0.3, 0.4) is 0 Å². The molecule has 1 amide bonds. The first kappa shape index (κ1) is 21.3. The van der Waals surface area contributed by atoms with Crippen LogP contribution < -0.4 is 15.0 Å². The zero-order valence-electron chi connectivity index (χ0n) is 15.9. The second kappa shape index (κ2) is 8.36. The summed E-state index contributed by atoms with van der Waals surface area (Å²) in [5.41, 5.74) is 4.81. The van der Waals surface area contributed by atoms with Gasteiger partial charge in [0, 0.05) is 11.6 Å². The summed E-state index contributed by atoms with van der Waals surface area (Å²) in [5.74, 6) is -0.165. The molecule has 0 heterocycles. The molecule has 2 rings (SSSR count). The average molecular weight is 407 g/mol. The van der Waals surface area contributed by atoms with Gasteiger partial charge in [0.1, 0.15) is 5.75 Å². The predicted octanol–water partition coefficient (Wildman–Crippen LogP) is 2.22. The molecule has 0 unspecified atom stereocenters. The summed E-state index contributed by atoms with van der Waals surface area (Å²) in [6, 6.07) is 7.28. The topological polar surface area (TPSA) is 128 Å². The number of hydrogen-bond donors (Lipinski definition) is 2. The summed E-state index contributed by atoms with van der Waals surface area (Å²) in [6.45, 7) is 6.73. The number of nitrogens with one attached hydrogen (secondary N) is 2. The maximum Gasteiger partial charge on any atom is 0.273 e. The summed E-state index contributed by atoms with van der Waals surface area (Å²) < 4.78 is 30.0. The molecule has 0 saturated heterocycles. The number of nitro benzene ring substituents is 1. The van der Waals surface area contributed by atoms with Crippen LogP contribution in [0.2, 0.25) is 0 Å². The number of nitrogens with zero attached hydrogens (tertiary/aromatic N) is 1. The highest BCUT2D eigenvalue weighted by atomic mass is 32.2. The SMILES string of the molecule is Cc1cc(C)c(OCC(=O)NNS(=O)(=O)c2ccc(C)c([N+](=O)[O-])c2)c(C)c1. The first-order valence-corrected chi connectivity index (χ1v) is 9.76. The van der Waals surface area contributed by atoms with Crippen molar-refractivity contribution in [2.24, 2.45) is 0 Å². The minimum absolute atomic E-state index is 0.324. The fourth-order valence-corrected chi connectivity index (χ4v) is 3.58. The van der Waals surface area contributed by atoms with Gasteiger partial charge in [-0.1, -0.05) is 23.8 Å². The molecule has 0 bridgehead atoms. The van der Waals surface area contributed by atoms with Crippen molar-refractivity contribution < 1.29 is 22.9 Å². The number of hydrazine groups is 1. The molecular formula is C18H21N3O6S. The largest absolute Gasteiger partial charge is 0.483 e. The van der Waals surface area contributed by atoms with Gasteiger partial charge in [0.25, 0.3) is 21.6 Å². The maximum atomic E-state index is 12.3. The number of benzene rings is 2. The van der Waals surface area contributed by atoms with Gasteiger partial charge in [-0.3, -0.25) is 20.3 Å². The van der Waals surface area contributed by atoms with E-state index in [4.69, 9.17) is 4.74 Å². The monoisotopic (exact) mass is 407 g/mol. The molecular weight excluding hydrogens is 386 g/mol. The zero-order chi connectivity index (χ0) is 21.1. The highest BCUT2D eigenvalue weighted by molar-refractivity contribution is 7.89. The standard InChI is InChI=1S/C18H21N3O6S/c1-11-7-13(3)18(14(4)8-11)27-10-17(22)19-20-28(25,26)15-6-5-12(2)16(9-15)21(23)24/h5-9,20H,10H2,1-4H3,(H,19,22). The Morgan fingerprint density at radius 3 is 2.25 bits per heavy atom. The van der Waals surface area contributed by atoms with Crippen molar-refractivity contribution in [1.82, 2.24) is 10.3 Å². The molecule has 0 aliphatic heterocycles. The molecule has 2 N–H and O–H groups in total. The van der Waals surface area contributed by atoms with Gasteiger partial charge in [0.15, 0.2) is 6.61 Å². The van der Waals surface area contributed by atoms with Crippen LogP contribution in [0.1, 0.15) is 22.3 Å². The van der Waals surface area contributed by atoms with E-state index < -0.39 is 27.5 Å². The Hall–Kier alpha value is -2.98. The number of rotatable bonds is 7. The van der Waals surface area contributed by atoms with Gasteiger partial charge in [0.2, 0.25) is 0 Å². The molecule has 0 fully saturated rings. The highest BCUT2D eigenvalue weighted by Crippen LogP contribution is 2.24. The second-order valence-corrected chi connectivity index (χ2v) is 8.06. The zero-order valence-corrected chi connectivity index (χ0v) is 16.7. The van der Waals surface area contributed by atoms with E-state index in [2.05, 4.69) is 0 Å². The Morgan fingerprint density at radius 2 is 1.68 bits per heavy atom. The van der Waals surface area contributed by atoms with Crippen molar-refractivity contribution in [3.8, 4) is 5.75 Å². The lowest BCUT2D eigenvalue weighted by atomic mass is 10.1. The molecule has 9 nitrogen and oxygen atoms in total. The van der Waals surface area contributed by atoms with Crippen LogP contribution in [0.15, 0.2) is 35.2 Å². The van der Waals surface area contributed by atoms with Gasteiger partial charge < -0.3 is 4.74 Å². The fourth-order valence-electron chi connectivity index (χ4n) is 2.70. The van der Waals surface area contributed by atoms with Crippen LogP contribution in [0.4, 0.5) is 5.69 Å². The van der Waals surface area contributed by atoms with Gasteiger partial charge in [-0.2, -0.15) is 0 Å². The molecule has 0 aliphatic rings. The van der Waals surface area contributed by atoms with E-state index in [0.29, 0.717) is 11.3 Å². The molecule has 0 spiro atoms. The molecule has 0 saturated carbocycles. The van der Waals surface area contributed by atoms with Crippen molar-refractivity contribution in [3.63, 3.8) is 0 Å². The number of sulfonamides is 1. The molecule has 28 heavy (non-hydrogen) atoms. The summed E-state index contributed by atoms with van der Waals surface area (Å²) >= 11 is 0. The molecule has 2 aromatic carbocycles. The molecule has 10 heteroatoms. The Morgan fingerprint density at radius 1 is 1.07 bits per heavy atom. The van der Waals surface area contributed by atoms with E-state index in [1.165, 1.54) is 19.1 Å². The van der Waals surface area contributed by atoms with E-state index in [9.17, 15) is 23.3 Å². The molecule has 0 radical (unpaired) electrons. The number of amides is 1. The minimum atomic E-state index is -4.17. The Kier molecular flexibility index (Phi) is 6.37. The van der Waals surface area contributed by atoms with Crippen LogP contribution in [0.5, 0.6) is 5.75 Å². The minimum Gasteiger partial charge on any atom is -0.483 e. The summed E-state index contributed by atoms with van der Waals surface area (Å²) in [5, 5.41) is 11.0. The molecule has 0 aromatic heterocycles. The Labute approximate surface area is 162 Å². The maximum absolute atomic E-state index is 12.3. The number of aryl methyl sites for hydroxylation is 4. The Bertz CT molecular complexity index is 1010. The van der Waals surface area contributed by atoms with Crippen molar-refractivity contribution >= 4 is 21.6 Å². The van der Waals surface area contributed by atoms with Crippen LogP contribution in [0, 0.1) is 37.8 Å². The number of nitro groups is 1.